The van der Waals surface area contributed by atoms with Crippen molar-refractivity contribution in [3.63, 3.8) is 0 Å². The number of benzene rings is 2. The van der Waals surface area contributed by atoms with Crippen molar-refractivity contribution >= 4 is 33.4 Å². The lowest BCUT2D eigenvalue weighted by atomic mass is 10.2. The summed E-state index contributed by atoms with van der Waals surface area (Å²) in [4.78, 5) is 23.3. The largest absolute Gasteiger partial charge is 0.497 e. The third-order valence-electron chi connectivity index (χ3n) is 3.06. The lowest BCUT2D eigenvalue weighted by Gasteiger charge is -2.10. The summed E-state index contributed by atoms with van der Waals surface area (Å²) < 4.78 is 11.0. The number of ether oxygens (including phenoxy) is 2. The van der Waals surface area contributed by atoms with Crippen LogP contribution in [0.3, 0.4) is 0 Å². The highest BCUT2D eigenvalue weighted by molar-refractivity contribution is 9.10. The second-order valence-electron chi connectivity index (χ2n) is 4.68. The van der Waals surface area contributed by atoms with Crippen LogP contribution >= 0.6 is 15.9 Å². The molecule has 0 aliphatic heterocycles. The molecule has 0 spiro atoms. The Morgan fingerprint density at radius 1 is 1.17 bits per heavy atom. The van der Waals surface area contributed by atoms with E-state index in [4.69, 9.17) is 15.3 Å². The molecule has 7 nitrogen and oxygen atoms in total. The number of hydrogen-bond acceptors (Lipinski definition) is 5. The summed E-state index contributed by atoms with van der Waals surface area (Å²) in [6, 6.07) is 11.6. The molecular formula is C16H16BrN3O4. The molecule has 2 rings (SSSR count). The Morgan fingerprint density at radius 3 is 2.46 bits per heavy atom. The number of hydrogen-bond donors (Lipinski definition) is 3. The maximum Gasteiger partial charge on any atom is 0.265 e. The molecule has 126 valence electrons. The van der Waals surface area contributed by atoms with Crippen molar-refractivity contribution in [2.24, 2.45) is 5.84 Å². The standard InChI is InChI=1S/C16H16BrN3O4/c1-23-12-5-3-11(4-6-12)19-15(21)9-24-14-7-2-10(8-13(14)17)16(22)20-18/h2-8H,9,18H2,1H3,(H,19,21)(H,20,22). The van der Waals surface area contributed by atoms with Gasteiger partial charge in [-0.3, -0.25) is 15.0 Å². The van der Waals surface area contributed by atoms with E-state index in [0.29, 0.717) is 27.2 Å². The van der Waals surface area contributed by atoms with E-state index in [1.807, 2.05) is 5.43 Å². The molecule has 8 heteroatoms. The van der Waals surface area contributed by atoms with Crippen LogP contribution < -0.4 is 26.1 Å². The number of anilines is 1. The minimum atomic E-state index is -0.417. The van der Waals surface area contributed by atoms with Crippen molar-refractivity contribution in [1.29, 1.82) is 0 Å². The maximum absolute atomic E-state index is 11.9. The van der Waals surface area contributed by atoms with E-state index < -0.39 is 5.91 Å². The minimum absolute atomic E-state index is 0.174. The number of methoxy groups -OCH3 is 1. The number of rotatable bonds is 6. The minimum Gasteiger partial charge on any atom is -0.497 e. The Bertz CT molecular complexity index is 735. The first-order valence-electron chi connectivity index (χ1n) is 6.90. The molecule has 0 unspecified atom stereocenters. The predicted molar refractivity (Wildman–Crippen MR) is 92.9 cm³/mol. The van der Waals surface area contributed by atoms with Crippen molar-refractivity contribution in [1.82, 2.24) is 5.43 Å². The highest BCUT2D eigenvalue weighted by Crippen LogP contribution is 2.26. The molecule has 0 saturated carbocycles. The Labute approximate surface area is 147 Å². The highest BCUT2D eigenvalue weighted by atomic mass is 79.9. The van der Waals surface area contributed by atoms with E-state index in [9.17, 15) is 9.59 Å². The van der Waals surface area contributed by atoms with E-state index in [1.165, 1.54) is 0 Å². The molecule has 0 aliphatic rings. The van der Waals surface area contributed by atoms with Gasteiger partial charge in [0.2, 0.25) is 0 Å². The van der Waals surface area contributed by atoms with Gasteiger partial charge >= 0.3 is 0 Å². The van der Waals surface area contributed by atoms with Gasteiger partial charge in [-0.25, -0.2) is 5.84 Å². The lowest BCUT2D eigenvalue weighted by molar-refractivity contribution is -0.118. The van der Waals surface area contributed by atoms with Gasteiger partial charge in [0.15, 0.2) is 6.61 Å². The number of carbonyl (C=O) groups is 2. The number of amides is 2. The zero-order valence-electron chi connectivity index (χ0n) is 12.8. The second-order valence-corrected chi connectivity index (χ2v) is 5.54. The summed E-state index contributed by atoms with van der Waals surface area (Å²) in [6.45, 7) is -0.174. The average Bonchev–Trinajstić information content (AvgIpc) is 2.60. The normalized spacial score (nSPS) is 9.96. The fraction of sp³-hybridized carbons (Fsp3) is 0.125. The topological polar surface area (TPSA) is 103 Å². The Kier molecular flexibility index (Phi) is 6.16. The predicted octanol–water partition coefficient (Wildman–Crippen LogP) is 2.08. The number of hydrazine groups is 1. The third kappa shape index (κ3) is 4.71. The van der Waals surface area contributed by atoms with Crippen molar-refractivity contribution < 1.29 is 19.1 Å². The van der Waals surface area contributed by atoms with E-state index in [2.05, 4.69) is 21.2 Å². The molecule has 4 N–H and O–H groups in total. The molecule has 0 bridgehead atoms. The molecule has 0 atom stereocenters. The molecular weight excluding hydrogens is 378 g/mol. The number of nitrogens with two attached hydrogens (primary N) is 1. The zero-order valence-corrected chi connectivity index (χ0v) is 14.4. The van der Waals surface area contributed by atoms with Crippen LogP contribution in [0.25, 0.3) is 0 Å². The van der Waals surface area contributed by atoms with E-state index in [0.717, 1.165) is 0 Å². The van der Waals surface area contributed by atoms with E-state index >= 15 is 0 Å². The molecule has 24 heavy (non-hydrogen) atoms. The number of carbonyl (C=O) groups excluding carboxylic acids is 2. The molecule has 0 saturated heterocycles. The average molecular weight is 394 g/mol. The number of nitrogens with one attached hydrogen (secondary N) is 2. The van der Waals surface area contributed by atoms with Gasteiger partial charge in [-0.1, -0.05) is 0 Å². The summed E-state index contributed by atoms with van der Waals surface area (Å²) in [5.74, 6) is 5.49. The quantitative estimate of drug-likeness (QED) is 0.396. The Hall–Kier alpha value is -2.58. The van der Waals surface area contributed by atoms with Crippen LogP contribution in [0, 0.1) is 0 Å². The van der Waals surface area contributed by atoms with Gasteiger partial charge < -0.3 is 14.8 Å². The first kappa shape index (κ1) is 17.8. The van der Waals surface area contributed by atoms with Crippen LogP contribution in [0.15, 0.2) is 46.9 Å². The van der Waals surface area contributed by atoms with Crippen LogP contribution in [0.2, 0.25) is 0 Å². The second kappa shape index (κ2) is 8.32. The van der Waals surface area contributed by atoms with Gasteiger partial charge in [-0.2, -0.15) is 0 Å². The number of halogens is 1. The number of nitrogen functional groups attached to an aromatic ring is 1. The Morgan fingerprint density at radius 2 is 1.88 bits per heavy atom. The molecule has 0 fully saturated rings. The van der Waals surface area contributed by atoms with E-state index in [1.54, 1.807) is 49.6 Å². The molecule has 0 aromatic heterocycles. The first-order valence-corrected chi connectivity index (χ1v) is 7.70. The van der Waals surface area contributed by atoms with Gasteiger partial charge in [-0.15, -0.1) is 0 Å². The molecule has 0 heterocycles. The smallest absolute Gasteiger partial charge is 0.265 e. The first-order chi connectivity index (χ1) is 11.5. The van der Waals surface area contributed by atoms with Gasteiger partial charge in [0.25, 0.3) is 11.8 Å². The van der Waals surface area contributed by atoms with Crippen molar-refractivity contribution in [3.8, 4) is 11.5 Å². The van der Waals surface area contributed by atoms with Crippen LogP contribution in [0.1, 0.15) is 10.4 Å². The van der Waals surface area contributed by atoms with Crippen molar-refractivity contribution in [3.05, 3.63) is 52.5 Å². The summed E-state index contributed by atoms with van der Waals surface area (Å²) in [6.07, 6.45) is 0. The summed E-state index contributed by atoms with van der Waals surface area (Å²) in [5.41, 5.74) is 3.05. The maximum atomic E-state index is 11.9. The van der Waals surface area contributed by atoms with Gasteiger partial charge in [0.05, 0.1) is 11.6 Å². The van der Waals surface area contributed by atoms with Gasteiger partial charge in [-0.05, 0) is 58.4 Å². The lowest BCUT2D eigenvalue weighted by Crippen LogP contribution is -2.29. The van der Waals surface area contributed by atoms with Crippen molar-refractivity contribution in [2.45, 2.75) is 0 Å². The van der Waals surface area contributed by atoms with Crippen LogP contribution in [0.4, 0.5) is 5.69 Å². The molecule has 2 aromatic rings. The third-order valence-corrected chi connectivity index (χ3v) is 3.68. The summed E-state index contributed by atoms with van der Waals surface area (Å²) in [5, 5.41) is 2.71. The van der Waals surface area contributed by atoms with Gasteiger partial charge in [0.1, 0.15) is 11.5 Å². The monoisotopic (exact) mass is 393 g/mol. The SMILES string of the molecule is COc1ccc(NC(=O)COc2ccc(C(=O)NN)cc2Br)cc1. The summed E-state index contributed by atoms with van der Waals surface area (Å²) in [7, 11) is 1.57. The van der Waals surface area contributed by atoms with Crippen LogP contribution in [0.5, 0.6) is 11.5 Å². The molecule has 0 aliphatic carbocycles. The fourth-order valence-corrected chi connectivity index (χ4v) is 2.35. The van der Waals surface area contributed by atoms with Crippen LogP contribution in [-0.4, -0.2) is 25.5 Å². The Balaban J connectivity index is 1.92. The van der Waals surface area contributed by atoms with Crippen LogP contribution in [-0.2, 0) is 4.79 Å². The molecule has 2 aromatic carbocycles. The summed E-state index contributed by atoms with van der Waals surface area (Å²) >= 11 is 3.29. The molecule has 2 amide bonds. The fourth-order valence-electron chi connectivity index (χ4n) is 1.86. The highest BCUT2D eigenvalue weighted by Gasteiger charge is 2.10. The molecule has 0 radical (unpaired) electrons. The van der Waals surface area contributed by atoms with Gasteiger partial charge in [0, 0.05) is 11.3 Å². The van der Waals surface area contributed by atoms with Crippen molar-refractivity contribution in [2.75, 3.05) is 19.0 Å². The van der Waals surface area contributed by atoms with E-state index in [-0.39, 0.29) is 12.5 Å². The zero-order chi connectivity index (χ0) is 17.5.